The third kappa shape index (κ3) is 2.77. The number of benzene rings is 1. The lowest BCUT2D eigenvalue weighted by atomic mass is 10.1. The zero-order valence-corrected chi connectivity index (χ0v) is 8.73. The van der Waals surface area contributed by atoms with Crippen molar-refractivity contribution in [1.82, 2.24) is 4.90 Å². The number of amides is 1. The molecule has 15 heavy (non-hydrogen) atoms. The molecule has 0 spiro atoms. The summed E-state index contributed by atoms with van der Waals surface area (Å²) in [4.78, 5) is 23.3. The maximum Gasteiger partial charge on any atom is 0.253 e. The van der Waals surface area contributed by atoms with Crippen LogP contribution in [0.25, 0.3) is 6.08 Å². The summed E-state index contributed by atoms with van der Waals surface area (Å²) in [5, 5.41) is 0. The van der Waals surface area contributed by atoms with E-state index in [9.17, 15) is 9.59 Å². The Hall–Kier alpha value is -1.90. The smallest absolute Gasteiger partial charge is 0.253 e. The Morgan fingerprint density at radius 1 is 1.33 bits per heavy atom. The summed E-state index contributed by atoms with van der Waals surface area (Å²) in [5.74, 6) is -0.0823. The highest BCUT2D eigenvalue weighted by Crippen LogP contribution is 2.12. The first-order valence-electron chi connectivity index (χ1n) is 4.51. The van der Waals surface area contributed by atoms with Gasteiger partial charge in [-0.2, -0.15) is 0 Å². The van der Waals surface area contributed by atoms with E-state index in [-0.39, 0.29) is 5.91 Å². The molecular formula is C12H12NO2. The first-order chi connectivity index (χ1) is 7.16. The highest BCUT2D eigenvalue weighted by molar-refractivity contribution is 5.98. The molecule has 3 heteroatoms. The normalized spacial score (nSPS) is 10.3. The molecule has 1 amide bonds. The van der Waals surface area contributed by atoms with Gasteiger partial charge in [-0.15, -0.1) is 0 Å². The van der Waals surface area contributed by atoms with Crippen molar-refractivity contribution in [2.75, 3.05) is 14.1 Å². The Kier molecular flexibility index (Phi) is 3.80. The van der Waals surface area contributed by atoms with Gasteiger partial charge in [-0.05, 0) is 17.7 Å². The number of nitrogens with zero attached hydrogens (tertiary/aromatic N) is 1. The van der Waals surface area contributed by atoms with Crippen molar-refractivity contribution < 1.29 is 9.59 Å². The second-order valence-electron chi connectivity index (χ2n) is 3.24. The van der Waals surface area contributed by atoms with Crippen LogP contribution in [0.2, 0.25) is 0 Å². The van der Waals surface area contributed by atoms with Gasteiger partial charge < -0.3 is 4.90 Å². The second-order valence-corrected chi connectivity index (χ2v) is 3.24. The van der Waals surface area contributed by atoms with E-state index in [1.54, 1.807) is 44.7 Å². The van der Waals surface area contributed by atoms with Crippen molar-refractivity contribution in [3.05, 3.63) is 41.5 Å². The summed E-state index contributed by atoms with van der Waals surface area (Å²) in [6.07, 6.45) is 4.48. The van der Waals surface area contributed by atoms with Crippen LogP contribution in [0.5, 0.6) is 0 Å². The molecule has 0 aliphatic rings. The Morgan fingerprint density at radius 2 is 2.00 bits per heavy atom. The zero-order valence-electron chi connectivity index (χ0n) is 8.73. The standard InChI is InChI=1S/C12H12NO2/c1-13(2)12(15)11-8-4-3-6-10(11)7-5-9-14/h3-8H,1-2H3/b7-5+. The average molecular weight is 202 g/mol. The molecule has 0 bridgehead atoms. The van der Waals surface area contributed by atoms with Crippen LogP contribution < -0.4 is 0 Å². The lowest BCUT2D eigenvalue weighted by molar-refractivity contribution is 0.0827. The van der Waals surface area contributed by atoms with Gasteiger partial charge >= 0.3 is 0 Å². The summed E-state index contributed by atoms with van der Waals surface area (Å²) in [5.41, 5.74) is 1.30. The van der Waals surface area contributed by atoms with E-state index in [0.29, 0.717) is 5.56 Å². The van der Waals surface area contributed by atoms with Gasteiger partial charge in [-0.1, -0.05) is 24.3 Å². The largest absolute Gasteiger partial charge is 0.345 e. The van der Waals surface area contributed by atoms with Crippen molar-refractivity contribution in [3.8, 4) is 0 Å². The summed E-state index contributed by atoms with van der Waals surface area (Å²) in [6.45, 7) is 0. The maximum atomic E-state index is 11.7. The quantitative estimate of drug-likeness (QED) is 0.697. The number of hydrogen-bond donors (Lipinski definition) is 0. The van der Waals surface area contributed by atoms with Crippen molar-refractivity contribution in [2.45, 2.75) is 0 Å². The minimum Gasteiger partial charge on any atom is -0.345 e. The Balaban J connectivity index is 3.11. The van der Waals surface area contributed by atoms with Crippen LogP contribution in [0, 0.1) is 0 Å². The molecular weight excluding hydrogens is 190 g/mol. The number of allylic oxidation sites excluding steroid dienone is 1. The molecule has 0 saturated carbocycles. The minimum absolute atomic E-state index is 0.0823. The third-order valence-electron chi connectivity index (χ3n) is 1.93. The van der Waals surface area contributed by atoms with Crippen LogP contribution in [-0.2, 0) is 4.79 Å². The van der Waals surface area contributed by atoms with Crippen LogP contribution in [-0.4, -0.2) is 31.2 Å². The van der Waals surface area contributed by atoms with E-state index in [2.05, 4.69) is 0 Å². The van der Waals surface area contributed by atoms with E-state index in [4.69, 9.17) is 0 Å². The van der Waals surface area contributed by atoms with Gasteiger partial charge in [-0.25, -0.2) is 0 Å². The molecule has 0 unspecified atom stereocenters. The maximum absolute atomic E-state index is 11.7. The second kappa shape index (κ2) is 5.10. The van der Waals surface area contributed by atoms with Crippen LogP contribution in [0.3, 0.4) is 0 Å². The van der Waals surface area contributed by atoms with Crippen molar-refractivity contribution in [2.24, 2.45) is 0 Å². The van der Waals surface area contributed by atoms with Gasteiger partial charge in [0, 0.05) is 19.7 Å². The minimum atomic E-state index is -0.0823. The van der Waals surface area contributed by atoms with E-state index in [0.717, 1.165) is 5.56 Å². The molecule has 1 radical (unpaired) electrons. The summed E-state index contributed by atoms with van der Waals surface area (Å²) in [7, 11) is 3.38. The molecule has 77 valence electrons. The summed E-state index contributed by atoms with van der Waals surface area (Å²) >= 11 is 0. The molecule has 1 rings (SSSR count). The van der Waals surface area contributed by atoms with Gasteiger partial charge in [-0.3, -0.25) is 9.59 Å². The fraction of sp³-hybridized carbons (Fsp3) is 0.167. The Morgan fingerprint density at radius 3 is 2.60 bits per heavy atom. The monoisotopic (exact) mass is 202 g/mol. The first kappa shape index (κ1) is 11.2. The van der Waals surface area contributed by atoms with Crippen LogP contribution >= 0.6 is 0 Å². The highest BCUT2D eigenvalue weighted by Gasteiger charge is 2.10. The molecule has 0 aromatic heterocycles. The fourth-order valence-corrected chi connectivity index (χ4v) is 1.20. The van der Waals surface area contributed by atoms with Crippen LogP contribution in [0.15, 0.2) is 30.3 Å². The van der Waals surface area contributed by atoms with Gasteiger partial charge in [0.05, 0.1) is 0 Å². The lowest BCUT2D eigenvalue weighted by Gasteiger charge is -2.11. The molecule has 0 heterocycles. The van der Waals surface area contributed by atoms with Crippen molar-refractivity contribution in [3.63, 3.8) is 0 Å². The predicted octanol–water partition coefficient (Wildman–Crippen LogP) is 1.51. The fourth-order valence-electron chi connectivity index (χ4n) is 1.20. The molecule has 0 atom stereocenters. The van der Waals surface area contributed by atoms with Gasteiger partial charge in [0.2, 0.25) is 6.29 Å². The molecule has 3 nitrogen and oxygen atoms in total. The number of carbonyl (C=O) groups is 1. The summed E-state index contributed by atoms with van der Waals surface area (Å²) in [6, 6.07) is 7.12. The van der Waals surface area contributed by atoms with E-state index in [1.165, 1.54) is 11.0 Å². The zero-order chi connectivity index (χ0) is 11.3. The van der Waals surface area contributed by atoms with Gasteiger partial charge in [0.15, 0.2) is 0 Å². The van der Waals surface area contributed by atoms with Crippen LogP contribution in [0.1, 0.15) is 15.9 Å². The van der Waals surface area contributed by atoms with Crippen molar-refractivity contribution >= 4 is 18.3 Å². The lowest BCUT2D eigenvalue weighted by Crippen LogP contribution is -2.22. The Labute approximate surface area is 89.0 Å². The molecule has 1 aromatic rings. The average Bonchev–Trinajstić information content (AvgIpc) is 2.25. The van der Waals surface area contributed by atoms with E-state index >= 15 is 0 Å². The highest BCUT2D eigenvalue weighted by atomic mass is 16.2. The van der Waals surface area contributed by atoms with Gasteiger partial charge in [0.25, 0.3) is 5.91 Å². The number of carbonyl (C=O) groups excluding carboxylic acids is 2. The first-order valence-corrected chi connectivity index (χ1v) is 4.51. The number of hydrogen-bond acceptors (Lipinski definition) is 2. The van der Waals surface area contributed by atoms with E-state index < -0.39 is 0 Å². The van der Waals surface area contributed by atoms with Crippen molar-refractivity contribution in [1.29, 1.82) is 0 Å². The summed E-state index contributed by atoms with van der Waals surface area (Å²) < 4.78 is 0. The third-order valence-corrected chi connectivity index (χ3v) is 1.93. The van der Waals surface area contributed by atoms with E-state index in [1.807, 2.05) is 6.07 Å². The SMILES string of the molecule is CN(C)C(=O)c1ccccc1/C=C/[C]=O. The predicted molar refractivity (Wildman–Crippen MR) is 59.2 cm³/mol. The molecule has 0 fully saturated rings. The van der Waals surface area contributed by atoms with Crippen LogP contribution in [0.4, 0.5) is 0 Å². The number of rotatable bonds is 3. The molecule has 0 aliphatic heterocycles. The molecule has 0 saturated heterocycles. The topological polar surface area (TPSA) is 37.4 Å². The Bertz CT molecular complexity index is 394. The molecule has 0 N–H and O–H groups in total. The molecule has 0 aliphatic carbocycles. The molecule has 1 aromatic carbocycles. The van der Waals surface area contributed by atoms with Gasteiger partial charge in [0.1, 0.15) is 0 Å².